The van der Waals surface area contributed by atoms with Crippen molar-refractivity contribution in [3.63, 3.8) is 0 Å². The molecule has 2 heterocycles. The van der Waals surface area contributed by atoms with Crippen molar-refractivity contribution >= 4 is 39.1 Å². The number of ether oxygens (including phenoxy) is 1. The molecule has 0 spiro atoms. The van der Waals surface area contributed by atoms with Gasteiger partial charge >= 0.3 is 5.97 Å². The van der Waals surface area contributed by atoms with Crippen molar-refractivity contribution in [1.82, 2.24) is 9.55 Å². The summed E-state index contributed by atoms with van der Waals surface area (Å²) in [5.74, 6) is -0.802. The van der Waals surface area contributed by atoms with Gasteiger partial charge in [-0.15, -0.1) is 11.3 Å². The lowest BCUT2D eigenvalue weighted by Gasteiger charge is -2.16. The Bertz CT molecular complexity index is 1460. The standard InChI is InChI=1S/C27H27N3O4S/c1-16-10-11-17(2)21(14-16)29-24(31)19(4)30-15-28-25-22(26(30)32)18(3)23(35-25)27(33)34-13-12-20-8-6-5-7-9-20/h5-11,14-15,19H,12-13H2,1-4H3,(H,29,31). The smallest absolute Gasteiger partial charge is 0.348 e. The first-order chi connectivity index (χ1) is 16.8. The van der Waals surface area contributed by atoms with Crippen LogP contribution in [0.15, 0.2) is 59.7 Å². The molecule has 0 saturated carbocycles. The molecular formula is C27H27N3O4S. The van der Waals surface area contributed by atoms with Gasteiger partial charge in [0.05, 0.1) is 18.3 Å². The average molecular weight is 490 g/mol. The zero-order valence-electron chi connectivity index (χ0n) is 20.1. The second kappa shape index (κ2) is 10.2. The van der Waals surface area contributed by atoms with E-state index >= 15 is 0 Å². The first-order valence-corrected chi connectivity index (χ1v) is 12.2. The summed E-state index contributed by atoms with van der Waals surface area (Å²) in [5.41, 5.74) is 3.89. The molecule has 180 valence electrons. The molecule has 0 bridgehead atoms. The topological polar surface area (TPSA) is 90.3 Å². The van der Waals surface area contributed by atoms with E-state index in [9.17, 15) is 14.4 Å². The average Bonchev–Trinajstić information content (AvgIpc) is 3.19. The van der Waals surface area contributed by atoms with Crippen LogP contribution < -0.4 is 10.9 Å². The van der Waals surface area contributed by atoms with Gasteiger partial charge in [0.15, 0.2) is 0 Å². The Morgan fingerprint density at radius 1 is 1.11 bits per heavy atom. The summed E-state index contributed by atoms with van der Waals surface area (Å²) in [5, 5.41) is 3.23. The fourth-order valence-electron chi connectivity index (χ4n) is 3.81. The van der Waals surface area contributed by atoms with Gasteiger partial charge in [-0.2, -0.15) is 0 Å². The summed E-state index contributed by atoms with van der Waals surface area (Å²) in [4.78, 5) is 44.1. The lowest BCUT2D eigenvalue weighted by atomic mass is 10.1. The largest absolute Gasteiger partial charge is 0.461 e. The van der Waals surface area contributed by atoms with Gasteiger partial charge in [0.2, 0.25) is 5.91 Å². The number of esters is 1. The predicted molar refractivity (Wildman–Crippen MR) is 138 cm³/mol. The number of nitrogens with zero attached hydrogens (tertiary/aromatic N) is 2. The number of rotatable bonds is 7. The Morgan fingerprint density at radius 2 is 1.86 bits per heavy atom. The number of thiophene rings is 1. The van der Waals surface area contributed by atoms with Gasteiger partial charge in [0.1, 0.15) is 15.7 Å². The molecule has 2 aromatic heterocycles. The second-order valence-corrected chi connectivity index (χ2v) is 9.55. The summed E-state index contributed by atoms with van der Waals surface area (Å²) in [6.07, 6.45) is 1.97. The molecule has 35 heavy (non-hydrogen) atoms. The van der Waals surface area contributed by atoms with Crippen LogP contribution in [-0.4, -0.2) is 28.0 Å². The van der Waals surface area contributed by atoms with Gasteiger partial charge in [-0.25, -0.2) is 9.78 Å². The maximum Gasteiger partial charge on any atom is 0.348 e. The molecule has 0 aliphatic carbocycles. The molecule has 0 aliphatic heterocycles. The van der Waals surface area contributed by atoms with Crippen molar-refractivity contribution in [1.29, 1.82) is 0 Å². The quantitative estimate of drug-likeness (QED) is 0.370. The third-order valence-electron chi connectivity index (χ3n) is 5.98. The zero-order chi connectivity index (χ0) is 25.1. The molecule has 4 rings (SSSR count). The van der Waals surface area contributed by atoms with Gasteiger partial charge in [-0.3, -0.25) is 14.2 Å². The van der Waals surface area contributed by atoms with Crippen LogP contribution in [0.5, 0.6) is 0 Å². The first kappa shape index (κ1) is 24.3. The molecule has 1 N–H and O–H groups in total. The van der Waals surface area contributed by atoms with Crippen LogP contribution in [0, 0.1) is 20.8 Å². The minimum atomic E-state index is -0.792. The Kier molecular flexibility index (Phi) is 7.12. The number of anilines is 1. The molecule has 0 saturated heterocycles. The van der Waals surface area contributed by atoms with E-state index < -0.39 is 12.0 Å². The highest BCUT2D eigenvalue weighted by molar-refractivity contribution is 7.20. The number of benzene rings is 2. The lowest BCUT2D eigenvalue weighted by molar-refractivity contribution is -0.118. The second-order valence-electron chi connectivity index (χ2n) is 8.55. The summed E-state index contributed by atoms with van der Waals surface area (Å²) >= 11 is 1.13. The third-order valence-corrected chi connectivity index (χ3v) is 7.16. The monoisotopic (exact) mass is 489 g/mol. The van der Waals surface area contributed by atoms with Crippen LogP contribution in [0.2, 0.25) is 0 Å². The van der Waals surface area contributed by atoms with Crippen molar-refractivity contribution in [2.75, 3.05) is 11.9 Å². The Labute approximate surface area is 207 Å². The highest BCUT2D eigenvalue weighted by Crippen LogP contribution is 2.28. The molecule has 7 nitrogen and oxygen atoms in total. The number of aromatic nitrogens is 2. The van der Waals surface area contributed by atoms with Crippen LogP contribution >= 0.6 is 11.3 Å². The highest BCUT2D eigenvalue weighted by Gasteiger charge is 2.24. The van der Waals surface area contributed by atoms with Gasteiger partial charge in [0.25, 0.3) is 5.56 Å². The van der Waals surface area contributed by atoms with Gasteiger partial charge in [-0.1, -0.05) is 42.5 Å². The Hall–Kier alpha value is -3.78. The van der Waals surface area contributed by atoms with E-state index in [1.807, 2.05) is 62.4 Å². The number of amides is 1. The van der Waals surface area contributed by atoms with E-state index in [-0.39, 0.29) is 18.1 Å². The minimum Gasteiger partial charge on any atom is -0.461 e. The van der Waals surface area contributed by atoms with E-state index in [4.69, 9.17) is 4.74 Å². The molecule has 1 amide bonds. The fraction of sp³-hybridized carbons (Fsp3) is 0.259. The molecule has 0 fully saturated rings. The maximum absolute atomic E-state index is 13.3. The zero-order valence-corrected chi connectivity index (χ0v) is 20.9. The van der Waals surface area contributed by atoms with Crippen molar-refractivity contribution in [3.05, 3.63) is 92.3 Å². The highest BCUT2D eigenvalue weighted by atomic mass is 32.1. The SMILES string of the molecule is Cc1ccc(C)c(NC(=O)C(C)n2cnc3sc(C(=O)OCCc4ccccc4)c(C)c3c2=O)c1. The normalized spacial score (nSPS) is 11.9. The van der Waals surface area contributed by atoms with Crippen LogP contribution in [-0.2, 0) is 16.0 Å². The van der Waals surface area contributed by atoms with E-state index in [1.54, 1.807) is 13.8 Å². The van der Waals surface area contributed by atoms with Gasteiger partial charge < -0.3 is 10.1 Å². The summed E-state index contributed by atoms with van der Waals surface area (Å²) < 4.78 is 6.75. The summed E-state index contributed by atoms with van der Waals surface area (Å²) in [6, 6.07) is 14.8. The maximum atomic E-state index is 13.3. The van der Waals surface area contributed by atoms with Crippen molar-refractivity contribution < 1.29 is 14.3 Å². The Morgan fingerprint density at radius 3 is 2.60 bits per heavy atom. The van der Waals surface area contributed by atoms with E-state index in [1.165, 1.54) is 10.9 Å². The van der Waals surface area contributed by atoms with Crippen molar-refractivity contribution in [2.45, 2.75) is 40.2 Å². The third kappa shape index (κ3) is 5.17. The van der Waals surface area contributed by atoms with E-state index in [0.717, 1.165) is 28.0 Å². The number of hydrogen-bond acceptors (Lipinski definition) is 6. The van der Waals surface area contributed by atoms with Gasteiger partial charge in [-0.05, 0) is 56.0 Å². The van der Waals surface area contributed by atoms with Gasteiger partial charge in [0, 0.05) is 12.1 Å². The number of carbonyl (C=O) groups excluding carboxylic acids is 2. The van der Waals surface area contributed by atoms with Crippen molar-refractivity contribution in [3.8, 4) is 0 Å². The van der Waals surface area contributed by atoms with E-state index in [0.29, 0.717) is 32.8 Å². The number of fused-ring (bicyclic) bond motifs is 1. The molecule has 0 aliphatic rings. The van der Waals surface area contributed by atoms with Crippen LogP contribution in [0.3, 0.4) is 0 Å². The summed E-state index contributed by atoms with van der Waals surface area (Å²) in [6.45, 7) is 7.46. The molecule has 8 heteroatoms. The number of carbonyl (C=O) groups is 2. The lowest BCUT2D eigenvalue weighted by Crippen LogP contribution is -2.32. The van der Waals surface area contributed by atoms with E-state index in [2.05, 4.69) is 10.3 Å². The van der Waals surface area contributed by atoms with Crippen LogP contribution in [0.4, 0.5) is 5.69 Å². The minimum absolute atomic E-state index is 0.240. The number of aryl methyl sites for hydroxylation is 3. The number of hydrogen-bond donors (Lipinski definition) is 1. The molecule has 1 atom stereocenters. The fourth-order valence-corrected chi connectivity index (χ4v) is 4.85. The molecule has 2 aromatic carbocycles. The molecule has 1 unspecified atom stereocenters. The molecular weight excluding hydrogens is 462 g/mol. The summed E-state index contributed by atoms with van der Waals surface area (Å²) in [7, 11) is 0. The van der Waals surface area contributed by atoms with Crippen molar-refractivity contribution in [2.24, 2.45) is 0 Å². The number of nitrogens with one attached hydrogen (secondary N) is 1. The van der Waals surface area contributed by atoms with Crippen LogP contribution in [0.1, 0.15) is 44.9 Å². The molecule has 0 radical (unpaired) electrons. The molecule has 4 aromatic rings. The first-order valence-electron chi connectivity index (χ1n) is 11.4. The van der Waals surface area contributed by atoms with Crippen LogP contribution in [0.25, 0.3) is 10.2 Å². The Balaban J connectivity index is 1.54. The predicted octanol–water partition coefficient (Wildman–Crippen LogP) is 4.98.